The molecule has 1 atom stereocenters. The molecule has 1 aliphatic rings. The van der Waals surface area contributed by atoms with Crippen molar-refractivity contribution in [3.63, 3.8) is 0 Å². The van der Waals surface area contributed by atoms with Crippen LogP contribution in [-0.4, -0.2) is 24.0 Å². The van der Waals surface area contributed by atoms with Gasteiger partial charge >= 0.3 is 0 Å². The number of amides is 1. The number of carbonyl (C=O) groups excluding carboxylic acids is 1. The predicted molar refractivity (Wildman–Crippen MR) is 104 cm³/mol. The SMILES string of the molecule is CC(C(=O)Nc1ccc(Oc2ccc(Cl)cn2)cc1)C1CNC1.Cl.Cl. The topological polar surface area (TPSA) is 63.2 Å². The molecule has 2 aromatic rings. The number of halogens is 3. The van der Waals surface area contributed by atoms with E-state index in [-0.39, 0.29) is 36.6 Å². The van der Waals surface area contributed by atoms with Gasteiger partial charge in [-0.25, -0.2) is 4.98 Å². The molecule has 1 aromatic carbocycles. The fourth-order valence-electron chi connectivity index (χ4n) is 2.28. The summed E-state index contributed by atoms with van der Waals surface area (Å²) in [4.78, 5) is 16.2. The zero-order chi connectivity index (χ0) is 16.2. The fraction of sp³-hybridized carbons (Fsp3) is 0.294. The van der Waals surface area contributed by atoms with Crippen LogP contribution in [0.3, 0.4) is 0 Å². The normalized spacial score (nSPS) is 14.3. The average Bonchev–Trinajstić information content (AvgIpc) is 2.50. The first-order chi connectivity index (χ1) is 11.1. The zero-order valence-corrected chi connectivity index (χ0v) is 16.0. The third-order valence-electron chi connectivity index (χ3n) is 3.98. The monoisotopic (exact) mass is 403 g/mol. The molecule has 136 valence electrons. The lowest BCUT2D eigenvalue weighted by atomic mass is 9.88. The number of nitrogens with one attached hydrogen (secondary N) is 2. The molecule has 2 N–H and O–H groups in total. The van der Waals surface area contributed by atoms with Crippen LogP contribution in [0.1, 0.15) is 6.92 Å². The Hall–Kier alpha value is -1.53. The number of pyridine rings is 1. The van der Waals surface area contributed by atoms with Crippen LogP contribution in [0.2, 0.25) is 5.02 Å². The first-order valence-electron chi connectivity index (χ1n) is 7.53. The second-order valence-corrected chi connectivity index (χ2v) is 6.07. The largest absolute Gasteiger partial charge is 0.439 e. The average molecular weight is 405 g/mol. The van der Waals surface area contributed by atoms with Crippen molar-refractivity contribution in [2.45, 2.75) is 6.92 Å². The highest BCUT2D eigenvalue weighted by Gasteiger charge is 2.28. The molecule has 0 aliphatic carbocycles. The number of aromatic nitrogens is 1. The summed E-state index contributed by atoms with van der Waals surface area (Å²) in [5.74, 6) is 1.59. The summed E-state index contributed by atoms with van der Waals surface area (Å²) >= 11 is 5.78. The third-order valence-corrected chi connectivity index (χ3v) is 4.20. The number of rotatable bonds is 5. The molecule has 1 fully saturated rings. The van der Waals surface area contributed by atoms with Gasteiger partial charge in [0.25, 0.3) is 0 Å². The van der Waals surface area contributed by atoms with Crippen LogP contribution in [0.25, 0.3) is 0 Å². The Morgan fingerprint density at radius 3 is 2.44 bits per heavy atom. The second kappa shape index (κ2) is 9.82. The van der Waals surface area contributed by atoms with Gasteiger partial charge in [-0.3, -0.25) is 4.79 Å². The summed E-state index contributed by atoms with van der Waals surface area (Å²) in [5, 5.41) is 6.68. The van der Waals surface area contributed by atoms with E-state index in [0.29, 0.717) is 22.6 Å². The Morgan fingerprint density at radius 1 is 1.24 bits per heavy atom. The van der Waals surface area contributed by atoms with Gasteiger partial charge in [0.2, 0.25) is 11.8 Å². The molecular weight excluding hydrogens is 385 g/mol. The molecule has 25 heavy (non-hydrogen) atoms. The number of carbonyl (C=O) groups is 1. The molecule has 0 radical (unpaired) electrons. The molecule has 0 bridgehead atoms. The van der Waals surface area contributed by atoms with Crippen molar-refractivity contribution in [3.8, 4) is 11.6 Å². The van der Waals surface area contributed by atoms with Crippen LogP contribution in [0.4, 0.5) is 5.69 Å². The van der Waals surface area contributed by atoms with E-state index in [1.807, 2.05) is 19.1 Å². The van der Waals surface area contributed by atoms with Gasteiger partial charge in [0, 0.05) is 23.9 Å². The zero-order valence-electron chi connectivity index (χ0n) is 13.6. The number of benzene rings is 1. The summed E-state index contributed by atoms with van der Waals surface area (Å²) in [5.41, 5.74) is 0.755. The van der Waals surface area contributed by atoms with Gasteiger partial charge in [-0.05, 0) is 49.3 Å². The van der Waals surface area contributed by atoms with Gasteiger partial charge in [-0.2, -0.15) is 0 Å². The number of nitrogens with zero attached hydrogens (tertiary/aromatic N) is 1. The van der Waals surface area contributed by atoms with Crippen molar-refractivity contribution < 1.29 is 9.53 Å². The van der Waals surface area contributed by atoms with E-state index in [9.17, 15) is 4.79 Å². The van der Waals surface area contributed by atoms with Crippen LogP contribution in [0.15, 0.2) is 42.6 Å². The molecule has 5 nitrogen and oxygen atoms in total. The summed E-state index contributed by atoms with van der Waals surface area (Å²) in [6, 6.07) is 10.6. The van der Waals surface area contributed by atoms with Crippen molar-refractivity contribution in [2.24, 2.45) is 11.8 Å². The Labute approximate surface area is 164 Å². The van der Waals surface area contributed by atoms with E-state index < -0.39 is 0 Å². The van der Waals surface area contributed by atoms with Crippen molar-refractivity contribution >= 4 is 48.0 Å². The van der Waals surface area contributed by atoms with Gasteiger partial charge in [-0.1, -0.05) is 18.5 Å². The molecule has 2 heterocycles. The van der Waals surface area contributed by atoms with E-state index in [1.54, 1.807) is 24.3 Å². The summed E-state index contributed by atoms with van der Waals surface area (Å²) in [6.07, 6.45) is 1.53. The van der Waals surface area contributed by atoms with Gasteiger partial charge in [0.15, 0.2) is 0 Å². The molecule has 1 aliphatic heterocycles. The van der Waals surface area contributed by atoms with E-state index in [4.69, 9.17) is 16.3 Å². The maximum atomic E-state index is 12.2. The lowest BCUT2D eigenvalue weighted by molar-refractivity contribution is -0.121. The Bertz CT molecular complexity index is 677. The van der Waals surface area contributed by atoms with E-state index in [0.717, 1.165) is 18.8 Å². The summed E-state index contributed by atoms with van der Waals surface area (Å²) < 4.78 is 5.61. The molecule has 0 saturated carbocycles. The van der Waals surface area contributed by atoms with Gasteiger partial charge in [0.1, 0.15) is 5.75 Å². The maximum absolute atomic E-state index is 12.2. The highest BCUT2D eigenvalue weighted by Crippen LogP contribution is 2.23. The number of hydrogen-bond acceptors (Lipinski definition) is 4. The van der Waals surface area contributed by atoms with E-state index in [2.05, 4.69) is 15.6 Å². The smallest absolute Gasteiger partial charge is 0.227 e. The van der Waals surface area contributed by atoms with Crippen molar-refractivity contribution in [1.29, 1.82) is 0 Å². The number of ether oxygens (including phenoxy) is 1. The molecule has 1 unspecified atom stereocenters. The van der Waals surface area contributed by atoms with Gasteiger partial charge in [0.05, 0.1) is 5.02 Å². The van der Waals surface area contributed by atoms with Crippen molar-refractivity contribution in [3.05, 3.63) is 47.6 Å². The molecule has 3 rings (SSSR count). The van der Waals surface area contributed by atoms with Gasteiger partial charge in [-0.15, -0.1) is 24.8 Å². The summed E-state index contributed by atoms with van der Waals surface area (Å²) in [7, 11) is 0. The Kier molecular flexibility index (Phi) is 8.45. The molecular formula is C17H20Cl3N3O2. The standard InChI is InChI=1S/C17H18ClN3O2.2ClH/c1-11(12-8-19-9-12)17(22)21-14-3-5-15(6-4-14)23-16-7-2-13(18)10-20-16;;/h2-7,10-12,19H,8-9H2,1H3,(H,21,22);2*1H. The minimum absolute atomic E-state index is 0. The first kappa shape index (κ1) is 21.5. The molecule has 0 spiro atoms. The number of hydrogen-bond donors (Lipinski definition) is 2. The Morgan fingerprint density at radius 2 is 1.92 bits per heavy atom. The Balaban J connectivity index is 0.00000156. The van der Waals surface area contributed by atoms with Crippen LogP contribution >= 0.6 is 36.4 Å². The maximum Gasteiger partial charge on any atom is 0.227 e. The predicted octanol–water partition coefficient (Wildman–Crippen LogP) is 4.16. The molecule has 1 saturated heterocycles. The number of anilines is 1. The van der Waals surface area contributed by atoms with Crippen LogP contribution < -0.4 is 15.4 Å². The minimum Gasteiger partial charge on any atom is -0.439 e. The van der Waals surface area contributed by atoms with Crippen molar-refractivity contribution in [1.82, 2.24) is 10.3 Å². The van der Waals surface area contributed by atoms with E-state index >= 15 is 0 Å². The molecule has 8 heteroatoms. The molecule has 1 amide bonds. The quantitative estimate of drug-likeness (QED) is 0.785. The lowest BCUT2D eigenvalue weighted by Crippen LogP contribution is -2.48. The third kappa shape index (κ3) is 5.75. The summed E-state index contributed by atoms with van der Waals surface area (Å²) in [6.45, 7) is 3.79. The lowest BCUT2D eigenvalue weighted by Gasteiger charge is -2.31. The van der Waals surface area contributed by atoms with E-state index in [1.165, 1.54) is 6.20 Å². The van der Waals surface area contributed by atoms with Gasteiger partial charge < -0.3 is 15.4 Å². The highest BCUT2D eigenvalue weighted by atomic mass is 35.5. The highest BCUT2D eigenvalue weighted by molar-refractivity contribution is 6.30. The van der Waals surface area contributed by atoms with Crippen LogP contribution in [0.5, 0.6) is 11.6 Å². The minimum atomic E-state index is 0. The molecule has 1 aromatic heterocycles. The first-order valence-corrected chi connectivity index (χ1v) is 7.90. The van der Waals surface area contributed by atoms with Crippen molar-refractivity contribution in [2.75, 3.05) is 18.4 Å². The fourth-order valence-corrected chi connectivity index (χ4v) is 2.40. The van der Waals surface area contributed by atoms with Crippen LogP contribution in [0, 0.1) is 11.8 Å². The van der Waals surface area contributed by atoms with Crippen LogP contribution in [-0.2, 0) is 4.79 Å². The second-order valence-electron chi connectivity index (χ2n) is 5.64.